The second kappa shape index (κ2) is 19.6. The highest BCUT2D eigenvalue weighted by Gasteiger charge is 2.27. The van der Waals surface area contributed by atoms with E-state index in [2.05, 4.69) is 20.9 Å². The molecule has 1 aromatic heterocycles. The molecule has 1 unspecified atom stereocenters. The van der Waals surface area contributed by atoms with E-state index in [1.807, 2.05) is 51.2 Å². The molecule has 0 saturated carbocycles. The van der Waals surface area contributed by atoms with Gasteiger partial charge in [-0.15, -0.1) is 0 Å². The molecule has 0 saturated heterocycles. The summed E-state index contributed by atoms with van der Waals surface area (Å²) in [5, 5.41) is 9.24. The monoisotopic (exact) mass is 640 g/mol. The molecule has 0 aliphatic carbocycles. The van der Waals surface area contributed by atoms with Gasteiger partial charge in [0, 0.05) is 50.7 Å². The Morgan fingerprint density at radius 3 is 2.52 bits per heavy atom. The number of nitrogens with one attached hydrogen (secondary N) is 4. The van der Waals surface area contributed by atoms with Crippen molar-refractivity contribution >= 4 is 36.4 Å². The number of amides is 3. The smallest absolute Gasteiger partial charge is 0.382 e. The SMILES string of the molecule is CC[C@H](C)[C@H](NC(=O)CCCc1c[nH]c2ccccc12)C(=O)NCCOP(=O)(O)OC[C@@H](COCC[C@@H](C)OC)NC(C)=O. The average Bonchev–Trinajstić information content (AvgIpc) is 3.41. The van der Waals surface area contributed by atoms with Gasteiger partial charge in [-0.2, -0.15) is 0 Å². The van der Waals surface area contributed by atoms with Gasteiger partial charge in [-0.05, 0) is 43.7 Å². The number of aromatic amines is 1. The summed E-state index contributed by atoms with van der Waals surface area (Å²) >= 11 is 0. The number of phosphoric ester groups is 1. The molecule has 5 N–H and O–H groups in total. The summed E-state index contributed by atoms with van der Waals surface area (Å²) in [5.41, 5.74) is 2.19. The summed E-state index contributed by atoms with van der Waals surface area (Å²) in [6.45, 7) is 6.76. The highest BCUT2D eigenvalue weighted by atomic mass is 31.2. The van der Waals surface area contributed by atoms with Gasteiger partial charge in [0.1, 0.15) is 6.04 Å². The first kappa shape index (κ1) is 37.4. The van der Waals surface area contributed by atoms with E-state index < -0.39 is 25.8 Å². The summed E-state index contributed by atoms with van der Waals surface area (Å²) in [7, 11) is -2.88. The number of carbonyl (C=O) groups is 3. The first-order chi connectivity index (χ1) is 21.0. The Hall–Kier alpha value is -2.80. The van der Waals surface area contributed by atoms with Crippen molar-refractivity contribution in [3.63, 3.8) is 0 Å². The molecule has 0 fully saturated rings. The third-order valence-corrected chi connectivity index (χ3v) is 8.21. The lowest BCUT2D eigenvalue weighted by atomic mass is 9.98. The van der Waals surface area contributed by atoms with E-state index in [0.717, 1.165) is 22.9 Å². The van der Waals surface area contributed by atoms with E-state index >= 15 is 0 Å². The molecule has 5 atom stereocenters. The number of phosphoric acid groups is 1. The summed E-state index contributed by atoms with van der Waals surface area (Å²) in [5.74, 6) is -1.11. The molecule has 2 aromatic rings. The van der Waals surface area contributed by atoms with Crippen LogP contribution >= 0.6 is 7.82 Å². The lowest BCUT2D eigenvalue weighted by Gasteiger charge is -2.24. The number of aryl methyl sites for hydroxylation is 1. The lowest BCUT2D eigenvalue weighted by molar-refractivity contribution is -0.130. The maximum absolute atomic E-state index is 12.9. The molecule has 13 nitrogen and oxygen atoms in total. The molecule has 0 aliphatic heterocycles. The molecule has 0 radical (unpaired) electrons. The highest BCUT2D eigenvalue weighted by Crippen LogP contribution is 2.42. The molecule has 248 valence electrons. The van der Waals surface area contributed by atoms with Crippen LogP contribution in [-0.4, -0.2) is 85.9 Å². The molecular weight excluding hydrogens is 591 g/mol. The summed E-state index contributed by atoms with van der Waals surface area (Å²) in [6, 6.07) is 6.56. The number of methoxy groups -OCH3 is 1. The largest absolute Gasteiger partial charge is 0.472 e. The van der Waals surface area contributed by atoms with Gasteiger partial charge in [-0.1, -0.05) is 38.5 Å². The van der Waals surface area contributed by atoms with Gasteiger partial charge in [0.05, 0.1) is 32.0 Å². The maximum atomic E-state index is 12.9. The number of fused-ring (bicyclic) bond motifs is 1. The summed E-state index contributed by atoms with van der Waals surface area (Å²) in [4.78, 5) is 50.4. The zero-order valence-corrected chi connectivity index (χ0v) is 27.3. The predicted octanol–water partition coefficient (Wildman–Crippen LogP) is 3.22. The molecule has 44 heavy (non-hydrogen) atoms. The number of carbonyl (C=O) groups excluding carboxylic acids is 3. The van der Waals surface area contributed by atoms with Gasteiger partial charge < -0.3 is 35.3 Å². The number of H-pyrrole nitrogens is 1. The van der Waals surface area contributed by atoms with Crippen LogP contribution in [0.25, 0.3) is 10.9 Å². The van der Waals surface area contributed by atoms with Crippen LogP contribution < -0.4 is 16.0 Å². The number of benzene rings is 1. The summed E-state index contributed by atoms with van der Waals surface area (Å²) < 4.78 is 33.1. The molecule has 0 bridgehead atoms. The third kappa shape index (κ3) is 13.9. The molecule has 1 heterocycles. The number of aromatic nitrogens is 1. The Bertz CT molecular complexity index is 1220. The maximum Gasteiger partial charge on any atom is 0.472 e. The second-order valence-electron chi connectivity index (χ2n) is 10.8. The van der Waals surface area contributed by atoms with Crippen LogP contribution in [0, 0.1) is 5.92 Å². The third-order valence-electron chi connectivity index (χ3n) is 7.23. The molecule has 1 aromatic carbocycles. The number of hydrogen-bond donors (Lipinski definition) is 5. The molecule has 2 rings (SSSR count). The van der Waals surface area contributed by atoms with Crippen LogP contribution in [-0.2, 0) is 43.9 Å². The van der Waals surface area contributed by atoms with E-state index in [4.69, 9.17) is 18.5 Å². The van der Waals surface area contributed by atoms with Crippen molar-refractivity contribution in [2.75, 3.05) is 40.1 Å². The van der Waals surface area contributed by atoms with E-state index in [0.29, 0.717) is 25.9 Å². The molecule has 0 spiro atoms. The van der Waals surface area contributed by atoms with Crippen LogP contribution in [0.4, 0.5) is 0 Å². The Morgan fingerprint density at radius 2 is 1.82 bits per heavy atom. The zero-order valence-electron chi connectivity index (χ0n) is 26.4. The molecular formula is C30H49N4O9P. The fraction of sp³-hybridized carbons (Fsp3) is 0.633. The number of para-hydroxylation sites is 1. The van der Waals surface area contributed by atoms with E-state index in [-0.39, 0.29) is 56.6 Å². The number of hydrogen-bond acceptors (Lipinski definition) is 8. The topological polar surface area (TPSA) is 177 Å². The van der Waals surface area contributed by atoms with Crippen molar-refractivity contribution in [1.29, 1.82) is 0 Å². The van der Waals surface area contributed by atoms with Gasteiger partial charge in [0.15, 0.2) is 0 Å². The fourth-order valence-corrected chi connectivity index (χ4v) is 5.17. The first-order valence-electron chi connectivity index (χ1n) is 15.1. The van der Waals surface area contributed by atoms with Crippen LogP contribution in [0.1, 0.15) is 58.9 Å². The van der Waals surface area contributed by atoms with Crippen molar-refractivity contribution in [1.82, 2.24) is 20.9 Å². The Morgan fingerprint density at radius 1 is 1.07 bits per heavy atom. The minimum atomic E-state index is -4.48. The Kier molecular flexibility index (Phi) is 16.6. The summed E-state index contributed by atoms with van der Waals surface area (Å²) in [6.07, 6.45) is 4.90. The molecule has 0 aliphatic rings. The van der Waals surface area contributed by atoms with E-state index in [9.17, 15) is 23.8 Å². The van der Waals surface area contributed by atoms with Crippen molar-refractivity contribution < 1.29 is 42.4 Å². The van der Waals surface area contributed by atoms with E-state index in [1.54, 1.807) is 7.11 Å². The van der Waals surface area contributed by atoms with Gasteiger partial charge in [0.2, 0.25) is 17.7 Å². The van der Waals surface area contributed by atoms with Crippen LogP contribution in [0.3, 0.4) is 0 Å². The number of ether oxygens (including phenoxy) is 2. The van der Waals surface area contributed by atoms with Crippen LogP contribution in [0.5, 0.6) is 0 Å². The Labute approximate surface area is 259 Å². The average molecular weight is 641 g/mol. The van der Waals surface area contributed by atoms with Crippen molar-refractivity contribution in [3.05, 3.63) is 36.0 Å². The van der Waals surface area contributed by atoms with Crippen LogP contribution in [0.15, 0.2) is 30.5 Å². The number of rotatable bonds is 22. The predicted molar refractivity (Wildman–Crippen MR) is 167 cm³/mol. The quantitative estimate of drug-likeness (QED) is 0.0955. The van der Waals surface area contributed by atoms with Gasteiger partial charge in [-0.3, -0.25) is 23.4 Å². The highest BCUT2D eigenvalue weighted by molar-refractivity contribution is 7.47. The standard InChI is InChI=1S/C30H49N4O9P/c1-6-21(2)29(34-28(36)13-9-10-24-18-32-27-12-8-7-11-26(24)27)30(37)31-15-17-42-44(38,39)43-20-25(33-23(4)35)19-41-16-14-22(3)40-5/h7-8,11-12,18,21-22,25,29,32H,6,9-10,13-17,19-20H2,1-5H3,(H,31,37)(H,33,35)(H,34,36)(H,38,39)/t21-,22+,25+,29-/m0/s1. The van der Waals surface area contributed by atoms with E-state index in [1.165, 1.54) is 6.92 Å². The van der Waals surface area contributed by atoms with Crippen molar-refractivity contribution in [2.45, 2.75) is 78.0 Å². The lowest BCUT2D eigenvalue weighted by Crippen LogP contribution is -2.50. The Balaban J connectivity index is 1.75. The van der Waals surface area contributed by atoms with Crippen LogP contribution in [0.2, 0.25) is 0 Å². The second-order valence-corrected chi connectivity index (χ2v) is 12.3. The zero-order chi connectivity index (χ0) is 32.5. The normalized spacial score (nSPS) is 15.6. The fourth-order valence-electron chi connectivity index (χ4n) is 4.40. The first-order valence-corrected chi connectivity index (χ1v) is 16.6. The minimum Gasteiger partial charge on any atom is -0.382 e. The molecule has 14 heteroatoms. The van der Waals surface area contributed by atoms with Gasteiger partial charge >= 0.3 is 7.82 Å². The van der Waals surface area contributed by atoms with Gasteiger partial charge in [0.25, 0.3) is 0 Å². The molecule has 3 amide bonds. The van der Waals surface area contributed by atoms with Gasteiger partial charge in [-0.25, -0.2) is 4.57 Å². The van der Waals surface area contributed by atoms with Crippen molar-refractivity contribution in [3.8, 4) is 0 Å². The minimum absolute atomic E-state index is 0.00955. The van der Waals surface area contributed by atoms with Crippen molar-refractivity contribution in [2.24, 2.45) is 5.92 Å².